The van der Waals surface area contributed by atoms with Crippen LogP contribution >= 0.6 is 22.6 Å². The highest BCUT2D eigenvalue weighted by Crippen LogP contribution is 2.38. The summed E-state index contributed by atoms with van der Waals surface area (Å²) in [5, 5.41) is 8.40. The summed E-state index contributed by atoms with van der Waals surface area (Å²) in [6.45, 7) is 0. The van der Waals surface area contributed by atoms with Crippen molar-refractivity contribution < 1.29 is 22.0 Å². The summed E-state index contributed by atoms with van der Waals surface area (Å²) in [6.07, 6.45) is -8.87. The third-order valence-electron chi connectivity index (χ3n) is 1.86. The first kappa shape index (κ1) is 14.1. The number of hydrogen-bond donors (Lipinski definition) is 0. The fraction of sp³-hybridized carbons (Fsp3) is 0.333. The van der Waals surface area contributed by atoms with Gasteiger partial charge in [-0.15, -0.1) is 0 Å². The van der Waals surface area contributed by atoms with Crippen LogP contribution in [0.3, 0.4) is 0 Å². The summed E-state index contributed by atoms with van der Waals surface area (Å²) in [5.41, 5.74) is -3.31. The van der Waals surface area contributed by atoms with E-state index in [9.17, 15) is 22.0 Å². The second-order valence-electron chi connectivity index (χ2n) is 3.00. The Morgan fingerprint density at radius 1 is 1.41 bits per heavy atom. The van der Waals surface area contributed by atoms with Gasteiger partial charge in [-0.2, -0.15) is 18.4 Å². The highest BCUT2D eigenvalue weighted by Gasteiger charge is 2.39. The summed E-state index contributed by atoms with van der Waals surface area (Å²) < 4.78 is 62.9. The lowest BCUT2D eigenvalue weighted by Gasteiger charge is -2.15. The Morgan fingerprint density at radius 2 is 2.00 bits per heavy atom. The van der Waals surface area contributed by atoms with Crippen LogP contribution < -0.4 is 0 Å². The van der Waals surface area contributed by atoms with E-state index >= 15 is 0 Å². The summed E-state index contributed by atoms with van der Waals surface area (Å²) in [4.78, 5) is 3.19. The van der Waals surface area contributed by atoms with E-state index in [0.717, 1.165) is 6.07 Å². The molecule has 0 bridgehead atoms. The lowest BCUT2D eigenvalue weighted by molar-refractivity contribution is -0.140. The molecule has 8 heteroatoms. The van der Waals surface area contributed by atoms with E-state index in [1.54, 1.807) is 0 Å². The van der Waals surface area contributed by atoms with E-state index in [4.69, 9.17) is 5.26 Å². The average molecular weight is 362 g/mol. The number of hydrogen-bond acceptors (Lipinski definition) is 2. The van der Waals surface area contributed by atoms with Gasteiger partial charge in [-0.1, -0.05) is 0 Å². The van der Waals surface area contributed by atoms with Crippen LogP contribution in [0, 0.1) is 15.0 Å². The van der Waals surface area contributed by atoms with Crippen LogP contribution in [0.25, 0.3) is 0 Å². The Labute approximate surface area is 107 Å². The lowest BCUT2D eigenvalue weighted by atomic mass is 10.0. The first-order valence-corrected chi connectivity index (χ1v) is 5.27. The van der Waals surface area contributed by atoms with E-state index < -0.39 is 35.8 Å². The number of nitrogens with zero attached hydrogens (tertiary/aromatic N) is 2. The topological polar surface area (TPSA) is 36.7 Å². The fourth-order valence-electron chi connectivity index (χ4n) is 1.29. The second-order valence-corrected chi connectivity index (χ2v) is 4.10. The van der Waals surface area contributed by atoms with Gasteiger partial charge >= 0.3 is 6.18 Å². The van der Waals surface area contributed by atoms with Gasteiger partial charge in [0.1, 0.15) is 9.39 Å². The standard InChI is InChI=1S/C9H4F5IN2/c10-8(11)7-6(9(12,13)14)4(1-2-16)3-5(15)17-7/h3,8H,1H2. The molecule has 2 nitrogen and oxygen atoms in total. The van der Waals surface area contributed by atoms with Crippen molar-refractivity contribution in [3.8, 4) is 6.07 Å². The molecule has 1 aromatic rings. The summed E-state index contributed by atoms with van der Waals surface area (Å²) in [6, 6.07) is 2.50. The van der Waals surface area contributed by atoms with Gasteiger partial charge in [0.25, 0.3) is 6.43 Å². The largest absolute Gasteiger partial charge is 0.418 e. The molecule has 0 aliphatic carbocycles. The molecule has 0 fully saturated rings. The molecule has 0 aliphatic heterocycles. The fourth-order valence-corrected chi connectivity index (χ4v) is 1.93. The highest BCUT2D eigenvalue weighted by molar-refractivity contribution is 14.1. The Bertz CT molecular complexity index is 464. The summed E-state index contributed by atoms with van der Waals surface area (Å²) in [5.74, 6) is 0. The van der Waals surface area contributed by atoms with E-state index in [2.05, 4.69) is 4.98 Å². The van der Waals surface area contributed by atoms with E-state index in [0.29, 0.717) is 0 Å². The second kappa shape index (κ2) is 5.12. The maximum atomic E-state index is 12.6. The van der Waals surface area contributed by atoms with Crippen LogP contribution in [-0.4, -0.2) is 4.98 Å². The Kier molecular flexibility index (Phi) is 4.24. The summed E-state index contributed by atoms with van der Waals surface area (Å²) >= 11 is 1.53. The molecule has 0 amide bonds. The van der Waals surface area contributed by atoms with Crippen LogP contribution in [0.4, 0.5) is 22.0 Å². The zero-order valence-corrected chi connectivity index (χ0v) is 10.2. The molecular formula is C9H4F5IN2. The molecule has 0 saturated heterocycles. The zero-order chi connectivity index (χ0) is 13.2. The van der Waals surface area contributed by atoms with Crippen LogP contribution in [0.2, 0.25) is 0 Å². The van der Waals surface area contributed by atoms with Gasteiger partial charge in [0.2, 0.25) is 0 Å². The molecule has 1 heterocycles. The maximum Gasteiger partial charge on any atom is 0.418 e. The number of nitriles is 1. The first-order chi connectivity index (χ1) is 7.77. The van der Waals surface area contributed by atoms with Crippen LogP contribution in [0.1, 0.15) is 23.2 Å². The molecule has 0 saturated carbocycles. The van der Waals surface area contributed by atoms with Crippen molar-refractivity contribution in [2.24, 2.45) is 0 Å². The van der Waals surface area contributed by atoms with E-state index in [1.165, 1.54) is 28.7 Å². The van der Waals surface area contributed by atoms with Gasteiger partial charge in [0.05, 0.1) is 18.1 Å². The van der Waals surface area contributed by atoms with Gasteiger partial charge in [-0.3, -0.25) is 0 Å². The summed E-state index contributed by atoms with van der Waals surface area (Å²) in [7, 11) is 0. The van der Waals surface area contributed by atoms with Gasteiger partial charge in [-0.25, -0.2) is 13.8 Å². The highest BCUT2D eigenvalue weighted by atomic mass is 127. The van der Waals surface area contributed by atoms with E-state index in [-0.39, 0.29) is 3.70 Å². The molecule has 1 aromatic heterocycles. The van der Waals surface area contributed by atoms with Gasteiger partial charge in [0.15, 0.2) is 0 Å². The minimum atomic E-state index is -4.95. The van der Waals surface area contributed by atoms with Crippen molar-refractivity contribution in [3.63, 3.8) is 0 Å². The normalized spacial score (nSPS) is 11.6. The number of aromatic nitrogens is 1. The molecule has 17 heavy (non-hydrogen) atoms. The van der Waals surface area contributed by atoms with Crippen molar-refractivity contribution in [2.45, 2.75) is 19.0 Å². The van der Waals surface area contributed by atoms with Crippen molar-refractivity contribution in [1.82, 2.24) is 4.98 Å². The molecule has 0 N–H and O–H groups in total. The number of halogens is 6. The smallest absolute Gasteiger partial charge is 0.240 e. The van der Waals surface area contributed by atoms with Crippen LogP contribution in [0.15, 0.2) is 6.07 Å². The molecule has 0 radical (unpaired) electrons. The quantitative estimate of drug-likeness (QED) is 0.457. The minimum absolute atomic E-state index is 0.00356. The number of pyridine rings is 1. The molecule has 0 unspecified atom stereocenters. The van der Waals surface area contributed by atoms with Crippen molar-refractivity contribution in [2.75, 3.05) is 0 Å². The van der Waals surface area contributed by atoms with Gasteiger partial charge < -0.3 is 0 Å². The zero-order valence-electron chi connectivity index (χ0n) is 8.02. The molecule has 0 atom stereocenters. The number of rotatable bonds is 2. The number of alkyl halides is 5. The molecule has 1 rings (SSSR count). The third-order valence-corrected chi connectivity index (χ3v) is 2.41. The van der Waals surface area contributed by atoms with Gasteiger partial charge in [-0.05, 0) is 34.2 Å². The van der Waals surface area contributed by atoms with Crippen molar-refractivity contribution in [3.05, 3.63) is 26.6 Å². The molecule has 92 valence electrons. The third kappa shape index (κ3) is 3.24. The Balaban J connectivity index is 3.54. The van der Waals surface area contributed by atoms with Crippen LogP contribution in [-0.2, 0) is 12.6 Å². The maximum absolute atomic E-state index is 12.6. The Morgan fingerprint density at radius 3 is 2.41 bits per heavy atom. The SMILES string of the molecule is N#CCc1cc(I)nc(C(F)F)c1C(F)(F)F. The van der Waals surface area contributed by atoms with Gasteiger partial charge in [0, 0.05) is 0 Å². The minimum Gasteiger partial charge on any atom is -0.240 e. The molecular weight excluding hydrogens is 358 g/mol. The van der Waals surface area contributed by atoms with E-state index in [1.807, 2.05) is 0 Å². The monoisotopic (exact) mass is 362 g/mol. The van der Waals surface area contributed by atoms with Crippen molar-refractivity contribution in [1.29, 1.82) is 5.26 Å². The lowest BCUT2D eigenvalue weighted by Crippen LogP contribution is -2.15. The molecule has 0 spiro atoms. The van der Waals surface area contributed by atoms with Crippen LogP contribution in [0.5, 0.6) is 0 Å². The Hall–Kier alpha value is -0.980. The average Bonchev–Trinajstić information content (AvgIpc) is 2.14. The van der Waals surface area contributed by atoms with Crippen molar-refractivity contribution >= 4 is 22.6 Å². The first-order valence-electron chi connectivity index (χ1n) is 4.19. The molecule has 0 aromatic carbocycles. The predicted octanol–water partition coefficient (Wildman–Crippen LogP) is 3.71. The predicted molar refractivity (Wildman–Crippen MR) is 56.2 cm³/mol. The molecule has 0 aliphatic rings.